The van der Waals surface area contributed by atoms with Crippen molar-refractivity contribution in [2.75, 3.05) is 26.6 Å². The van der Waals surface area contributed by atoms with Crippen LogP contribution in [0.25, 0.3) is 51.5 Å². The number of thiophene rings is 2. The Kier molecular flexibility index (Phi) is 13.1. The SMILES string of the molecule is Cc1ccc(N(C)c2ccc3sc4ccc(N(c5ccc(C)cc5)c5ccc(-c6ccc(N(c7ccc(C)cc7)c7ccc8sc9ccc(N(c%10ccc(C)cc%10C)c%10ccc(C)cc%10C)cc9c8c7)cc6)cc5)cc4c3c2)cc1. The van der Waals surface area contributed by atoms with Crippen molar-refractivity contribution in [1.82, 2.24) is 0 Å². The second kappa shape index (κ2) is 20.7. The van der Waals surface area contributed by atoms with Crippen LogP contribution in [0.1, 0.15) is 38.9 Å². The number of fused-ring (bicyclic) bond motifs is 6. The van der Waals surface area contributed by atoms with Crippen molar-refractivity contribution in [3.05, 3.63) is 269 Å². The van der Waals surface area contributed by atoms with E-state index in [0.717, 1.165) is 50.9 Å². The quantitative estimate of drug-likeness (QED) is 0.121. The van der Waals surface area contributed by atoms with E-state index in [1.165, 1.54) is 102 Å². The molecule has 0 aliphatic rings. The van der Waals surface area contributed by atoms with Gasteiger partial charge in [0.15, 0.2) is 0 Å². The van der Waals surface area contributed by atoms with Gasteiger partial charge in [-0.1, -0.05) is 113 Å². The minimum Gasteiger partial charge on any atom is -0.345 e. The first-order valence-corrected chi connectivity index (χ1v) is 29.1. The van der Waals surface area contributed by atoms with E-state index in [9.17, 15) is 0 Å². The van der Waals surface area contributed by atoms with E-state index in [0.29, 0.717) is 0 Å². The fourth-order valence-electron chi connectivity index (χ4n) is 11.5. The molecule has 0 amide bonds. The molecular formula is C74H62N4S2. The molecule has 0 aliphatic heterocycles. The normalized spacial score (nSPS) is 11.5. The Balaban J connectivity index is 0.840. The van der Waals surface area contributed by atoms with Crippen molar-refractivity contribution in [1.29, 1.82) is 0 Å². The monoisotopic (exact) mass is 1070 g/mol. The molecule has 6 heteroatoms. The summed E-state index contributed by atoms with van der Waals surface area (Å²) >= 11 is 3.71. The minimum atomic E-state index is 1.10. The average Bonchev–Trinajstić information content (AvgIpc) is 4.10. The molecule has 4 nitrogen and oxygen atoms in total. The van der Waals surface area contributed by atoms with Crippen LogP contribution in [0, 0.1) is 48.5 Å². The molecule has 0 saturated heterocycles. The van der Waals surface area contributed by atoms with Gasteiger partial charge in [0.1, 0.15) is 0 Å². The summed E-state index contributed by atoms with van der Waals surface area (Å²) in [5.41, 5.74) is 23.6. The highest BCUT2D eigenvalue weighted by Crippen LogP contribution is 2.47. The van der Waals surface area contributed by atoms with Gasteiger partial charge in [-0.15, -0.1) is 22.7 Å². The number of benzene rings is 11. The molecule has 2 aromatic heterocycles. The summed E-state index contributed by atoms with van der Waals surface area (Å²) in [6.45, 7) is 15.2. The van der Waals surface area contributed by atoms with E-state index in [2.05, 4.69) is 306 Å². The molecule has 2 heterocycles. The van der Waals surface area contributed by atoms with Gasteiger partial charge in [-0.2, -0.15) is 0 Å². The highest BCUT2D eigenvalue weighted by Gasteiger charge is 2.21. The highest BCUT2D eigenvalue weighted by molar-refractivity contribution is 7.26. The predicted octanol–water partition coefficient (Wildman–Crippen LogP) is 22.4. The molecule has 0 N–H and O–H groups in total. The predicted molar refractivity (Wildman–Crippen MR) is 349 cm³/mol. The Bertz CT molecular complexity index is 4390. The Morgan fingerprint density at radius 1 is 0.237 bits per heavy atom. The molecule has 13 rings (SSSR count). The lowest BCUT2D eigenvalue weighted by Gasteiger charge is -2.29. The molecular weight excluding hydrogens is 1010 g/mol. The summed E-state index contributed by atoms with van der Waals surface area (Å²) in [6.07, 6.45) is 0. The Morgan fingerprint density at radius 2 is 0.512 bits per heavy atom. The van der Waals surface area contributed by atoms with Crippen LogP contribution in [-0.4, -0.2) is 7.05 Å². The molecule has 0 bridgehead atoms. The summed E-state index contributed by atoms with van der Waals surface area (Å²) in [4.78, 5) is 9.50. The van der Waals surface area contributed by atoms with Crippen molar-refractivity contribution in [3.63, 3.8) is 0 Å². The minimum absolute atomic E-state index is 1.10. The zero-order chi connectivity index (χ0) is 54.8. The summed E-state index contributed by atoms with van der Waals surface area (Å²) in [5.74, 6) is 0. The van der Waals surface area contributed by atoms with Crippen molar-refractivity contribution < 1.29 is 0 Å². The lowest BCUT2D eigenvalue weighted by atomic mass is 10.0. The zero-order valence-corrected chi connectivity index (χ0v) is 48.2. The molecule has 0 fully saturated rings. The van der Waals surface area contributed by atoms with Crippen LogP contribution >= 0.6 is 22.7 Å². The zero-order valence-electron chi connectivity index (χ0n) is 46.5. The maximum atomic E-state index is 2.44. The van der Waals surface area contributed by atoms with Gasteiger partial charge in [0.05, 0.1) is 0 Å². The van der Waals surface area contributed by atoms with E-state index in [1.54, 1.807) is 0 Å². The van der Waals surface area contributed by atoms with Gasteiger partial charge in [-0.05, 0) is 216 Å². The molecule has 390 valence electrons. The first-order valence-electron chi connectivity index (χ1n) is 27.5. The number of aryl methyl sites for hydroxylation is 7. The van der Waals surface area contributed by atoms with Crippen LogP contribution in [-0.2, 0) is 0 Å². The third-order valence-electron chi connectivity index (χ3n) is 15.8. The molecule has 13 aromatic rings. The summed E-state index contributed by atoms with van der Waals surface area (Å²) in [6, 6.07) is 86.0. The molecule has 0 spiro atoms. The summed E-state index contributed by atoms with van der Waals surface area (Å²) in [5, 5.41) is 5.03. The number of nitrogens with zero attached hydrogens (tertiary/aromatic N) is 4. The standard InChI is InChI=1S/C74H62N4S2/c1-47-9-21-56(22-10-47)75(8)61-31-37-71-65(43-61)66-44-62(32-38-72(66)79-71)76(57-23-11-48(2)12-24-57)59-27-17-54(18-28-59)55-19-29-60(30-20-55)77(58-25-13-49(3)14-26-58)63-33-39-73-67(45-63)68-46-64(34-40-74(68)80-73)78(69-35-15-50(4)41-52(69)6)70-36-16-51(5)42-53(70)7/h9-46H,1-8H3. The lowest BCUT2D eigenvalue weighted by Crippen LogP contribution is -2.12. The molecule has 0 radical (unpaired) electrons. The molecule has 0 saturated carbocycles. The lowest BCUT2D eigenvalue weighted by molar-refractivity contribution is 1.21. The first-order chi connectivity index (χ1) is 38.9. The number of rotatable bonds is 12. The maximum Gasteiger partial charge on any atom is 0.0491 e. The van der Waals surface area contributed by atoms with Crippen molar-refractivity contribution in [2.45, 2.75) is 48.5 Å². The fourth-order valence-corrected chi connectivity index (χ4v) is 13.6. The third kappa shape index (κ3) is 9.55. The van der Waals surface area contributed by atoms with Crippen LogP contribution in [0.3, 0.4) is 0 Å². The first kappa shape index (κ1) is 50.6. The van der Waals surface area contributed by atoms with Crippen LogP contribution < -0.4 is 19.6 Å². The van der Waals surface area contributed by atoms with Gasteiger partial charge in [0.25, 0.3) is 0 Å². The molecule has 80 heavy (non-hydrogen) atoms. The Labute approximate surface area is 478 Å². The molecule has 0 atom stereocenters. The molecule has 0 aliphatic carbocycles. The van der Waals surface area contributed by atoms with Crippen molar-refractivity contribution >= 4 is 126 Å². The topological polar surface area (TPSA) is 13.0 Å². The van der Waals surface area contributed by atoms with E-state index in [4.69, 9.17) is 0 Å². The van der Waals surface area contributed by atoms with E-state index in [1.807, 2.05) is 22.7 Å². The van der Waals surface area contributed by atoms with Crippen LogP contribution in [0.2, 0.25) is 0 Å². The van der Waals surface area contributed by atoms with Gasteiger partial charge >= 0.3 is 0 Å². The second-order valence-electron chi connectivity index (χ2n) is 21.7. The average molecular weight is 1070 g/mol. The van der Waals surface area contributed by atoms with Crippen LogP contribution in [0.5, 0.6) is 0 Å². The largest absolute Gasteiger partial charge is 0.345 e. The Morgan fingerprint density at radius 3 is 0.863 bits per heavy atom. The van der Waals surface area contributed by atoms with Crippen molar-refractivity contribution in [3.8, 4) is 11.1 Å². The van der Waals surface area contributed by atoms with Gasteiger partial charge in [0, 0.05) is 110 Å². The number of hydrogen-bond acceptors (Lipinski definition) is 6. The number of hydrogen-bond donors (Lipinski definition) is 0. The van der Waals surface area contributed by atoms with E-state index >= 15 is 0 Å². The van der Waals surface area contributed by atoms with E-state index in [-0.39, 0.29) is 0 Å². The third-order valence-corrected chi connectivity index (χ3v) is 18.1. The van der Waals surface area contributed by atoms with E-state index < -0.39 is 0 Å². The summed E-state index contributed by atoms with van der Waals surface area (Å²) < 4.78 is 5.11. The fraction of sp³-hybridized carbons (Fsp3) is 0.108. The summed E-state index contributed by atoms with van der Waals surface area (Å²) in [7, 11) is 2.15. The van der Waals surface area contributed by atoms with Gasteiger partial charge in [-0.25, -0.2) is 0 Å². The Hall–Kier alpha value is -8.94. The van der Waals surface area contributed by atoms with Crippen LogP contribution in [0.4, 0.5) is 62.6 Å². The van der Waals surface area contributed by atoms with Gasteiger partial charge in [-0.3, -0.25) is 0 Å². The smallest absolute Gasteiger partial charge is 0.0491 e. The second-order valence-corrected chi connectivity index (χ2v) is 23.8. The van der Waals surface area contributed by atoms with Gasteiger partial charge < -0.3 is 19.6 Å². The maximum absolute atomic E-state index is 2.44. The van der Waals surface area contributed by atoms with Crippen LogP contribution in [0.15, 0.2) is 231 Å². The highest BCUT2D eigenvalue weighted by atomic mass is 32.1. The molecule has 0 unspecified atom stereocenters. The van der Waals surface area contributed by atoms with Gasteiger partial charge in [0.2, 0.25) is 0 Å². The van der Waals surface area contributed by atoms with Crippen molar-refractivity contribution in [2.24, 2.45) is 0 Å². The number of anilines is 11. The molecule has 11 aromatic carbocycles.